The van der Waals surface area contributed by atoms with Crippen molar-refractivity contribution in [2.75, 3.05) is 6.61 Å². The molecule has 4 rings (SSSR count). The normalized spacial score (nSPS) is 10.6. The molecule has 6 nitrogen and oxygen atoms in total. The van der Waals surface area contributed by atoms with E-state index < -0.39 is 0 Å². The van der Waals surface area contributed by atoms with E-state index >= 15 is 0 Å². The highest BCUT2D eigenvalue weighted by Crippen LogP contribution is 2.26. The van der Waals surface area contributed by atoms with Crippen LogP contribution < -0.4 is 15.6 Å². The fraction of sp³-hybridized carbons (Fsp3) is 0.0870. The fourth-order valence-corrected chi connectivity index (χ4v) is 2.98. The number of pyridine rings is 2. The Labute approximate surface area is 167 Å². The number of carbonyl (C=O) groups is 1. The number of carbonyl (C=O) groups excluding carboxylic acids is 1. The van der Waals surface area contributed by atoms with Crippen LogP contribution in [0.5, 0.6) is 5.75 Å². The number of ether oxygens (including phenoxy) is 1. The molecule has 0 aliphatic carbocycles. The summed E-state index contributed by atoms with van der Waals surface area (Å²) in [6.07, 6.45) is 3.39. The summed E-state index contributed by atoms with van der Waals surface area (Å²) in [5.74, 6) is 0.423. The number of amides is 1. The first-order valence-corrected chi connectivity index (χ1v) is 9.20. The molecular formula is C23H19N3O3. The minimum atomic E-state index is -0.204. The van der Waals surface area contributed by atoms with E-state index in [1.165, 1.54) is 6.07 Å². The Bertz CT molecular complexity index is 1180. The van der Waals surface area contributed by atoms with Crippen molar-refractivity contribution in [3.05, 3.63) is 95.2 Å². The summed E-state index contributed by atoms with van der Waals surface area (Å²) in [4.78, 5) is 30.1. The zero-order chi connectivity index (χ0) is 20.1. The van der Waals surface area contributed by atoms with Gasteiger partial charge in [-0.1, -0.05) is 24.3 Å². The van der Waals surface area contributed by atoms with Gasteiger partial charge in [-0.25, -0.2) is 0 Å². The van der Waals surface area contributed by atoms with E-state index in [0.29, 0.717) is 12.3 Å². The minimum Gasteiger partial charge on any atom is -0.484 e. The van der Waals surface area contributed by atoms with Gasteiger partial charge in [-0.2, -0.15) is 0 Å². The molecule has 0 aliphatic rings. The first-order valence-electron chi connectivity index (χ1n) is 9.20. The molecule has 0 spiro atoms. The molecule has 0 radical (unpaired) electrons. The van der Waals surface area contributed by atoms with E-state index in [2.05, 4.69) is 15.3 Å². The molecule has 2 N–H and O–H groups in total. The van der Waals surface area contributed by atoms with Gasteiger partial charge in [0.25, 0.3) is 5.91 Å². The van der Waals surface area contributed by atoms with Crippen LogP contribution >= 0.6 is 0 Å². The Morgan fingerprint density at radius 1 is 0.966 bits per heavy atom. The Morgan fingerprint density at radius 2 is 1.79 bits per heavy atom. The zero-order valence-corrected chi connectivity index (χ0v) is 15.6. The second-order valence-corrected chi connectivity index (χ2v) is 6.55. The highest BCUT2D eigenvalue weighted by molar-refractivity contribution is 5.88. The number of aromatic amines is 1. The lowest BCUT2D eigenvalue weighted by Gasteiger charge is -2.09. The lowest BCUT2D eigenvalue weighted by molar-refractivity contribution is -0.123. The molecule has 0 aliphatic heterocycles. The lowest BCUT2D eigenvalue weighted by atomic mass is 10.0. The second-order valence-electron chi connectivity index (χ2n) is 6.55. The third kappa shape index (κ3) is 4.68. The molecule has 0 fully saturated rings. The molecule has 0 bridgehead atoms. The second kappa shape index (κ2) is 8.39. The summed E-state index contributed by atoms with van der Waals surface area (Å²) >= 11 is 0. The average Bonchev–Trinajstić information content (AvgIpc) is 2.77. The van der Waals surface area contributed by atoms with Gasteiger partial charge in [0.05, 0.1) is 12.2 Å². The van der Waals surface area contributed by atoms with Crippen LogP contribution in [0, 0.1) is 0 Å². The van der Waals surface area contributed by atoms with Gasteiger partial charge in [0.15, 0.2) is 6.61 Å². The first kappa shape index (κ1) is 18.4. The maximum Gasteiger partial charge on any atom is 0.258 e. The molecule has 0 saturated heterocycles. The van der Waals surface area contributed by atoms with Crippen molar-refractivity contribution < 1.29 is 9.53 Å². The van der Waals surface area contributed by atoms with Crippen LogP contribution in [0.4, 0.5) is 0 Å². The molecule has 2 heterocycles. The Hall–Kier alpha value is -3.93. The van der Waals surface area contributed by atoms with Crippen molar-refractivity contribution in [2.24, 2.45) is 0 Å². The number of hydrogen-bond donors (Lipinski definition) is 2. The molecule has 6 heteroatoms. The number of nitrogens with one attached hydrogen (secondary N) is 2. The smallest absolute Gasteiger partial charge is 0.258 e. The van der Waals surface area contributed by atoms with Crippen LogP contribution in [-0.2, 0) is 11.3 Å². The number of rotatable bonds is 6. The molecule has 0 atom stereocenters. The molecule has 2 aromatic carbocycles. The number of nitrogens with zero attached hydrogens (tertiary/aromatic N) is 1. The number of fused-ring (bicyclic) bond motifs is 1. The summed E-state index contributed by atoms with van der Waals surface area (Å²) in [6.45, 7) is 0.308. The van der Waals surface area contributed by atoms with E-state index in [-0.39, 0.29) is 18.1 Å². The van der Waals surface area contributed by atoms with Crippen LogP contribution in [0.1, 0.15) is 5.69 Å². The number of benzene rings is 2. The molecule has 4 aromatic rings. The van der Waals surface area contributed by atoms with Gasteiger partial charge in [0.1, 0.15) is 5.75 Å². The van der Waals surface area contributed by atoms with Crippen LogP contribution in [0.3, 0.4) is 0 Å². The van der Waals surface area contributed by atoms with Crippen LogP contribution in [0.25, 0.3) is 21.9 Å². The summed E-state index contributed by atoms with van der Waals surface area (Å²) in [6, 6.07) is 20.6. The van der Waals surface area contributed by atoms with Gasteiger partial charge in [-0.15, -0.1) is 0 Å². The van der Waals surface area contributed by atoms with Crippen molar-refractivity contribution in [2.45, 2.75) is 6.54 Å². The Kier molecular flexibility index (Phi) is 5.33. The topological polar surface area (TPSA) is 84.1 Å². The SMILES string of the molecule is O=C(COc1ccc2cc(-c3ccc(=O)[nH]c3)ccc2c1)NCc1ccccn1. The third-order valence-electron chi connectivity index (χ3n) is 4.49. The summed E-state index contributed by atoms with van der Waals surface area (Å²) in [5, 5.41) is 4.83. The van der Waals surface area contributed by atoms with Crippen molar-refractivity contribution in [1.82, 2.24) is 15.3 Å². The molecule has 29 heavy (non-hydrogen) atoms. The highest BCUT2D eigenvalue weighted by Gasteiger charge is 2.05. The van der Waals surface area contributed by atoms with Crippen molar-refractivity contribution in [1.29, 1.82) is 0 Å². The Morgan fingerprint density at radius 3 is 2.59 bits per heavy atom. The Balaban J connectivity index is 1.39. The maximum atomic E-state index is 12.0. The minimum absolute atomic E-state index is 0.0617. The fourth-order valence-electron chi connectivity index (χ4n) is 2.98. The van der Waals surface area contributed by atoms with Gasteiger partial charge in [0, 0.05) is 18.5 Å². The number of H-pyrrole nitrogens is 1. The molecule has 144 valence electrons. The van der Waals surface area contributed by atoms with E-state index in [1.54, 1.807) is 18.5 Å². The summed E-state index contributed by atoms with van der Waals surface area (Å²) in [5.41, 5.74) is 2.62. The third-order valence-corrected chi connectivity index (χ3v) is 4.49. The van der Waals surface area contributed by atoms with Gasteiger partial charge in [-0.3, -0.25) is 14.6 Å². The van der Waals surface area contributed by atoms with Gasteiger partial charge in [-0.05, 0) is 58.3 Å². The van der Waals surface area contributed by atoms with E-state index in [9.17, 15) is 9.59 Å². The number of aromatic nitrogens is 2. The predicted molar refractivity (Wildman–Crippen MR) is 112 cm³/mol. The van der Waals surface area contributed by atoms with Gasteiger partial charge < -0.3 is 15.0 Å². The number of hydrogen-bond acceptors (Lipinski definition) is 4. The van der Waals surface area contributed by atoms with Gasteiger partial charge >= 0.3 is 0 Å². The molecule has 2 aromatic heterocycles. The largest absolute Gasteiger partial charge is 0.484 e. The zero-order valence-electron chi connectivity index (χ0n) is 15.6. The van der Waals surface area contributed by atoms with Crippen LogP contribution in [0.15, 0.2) is 83.9 Å². The van der Waals surface area contributed by atoms with E-state index in [4.69, 9.17) is 4.74 Å². The summed E-state index contributed by atoms with van der Waals surface area (Å²) < 4.78 is 5.62. The molecule has 0 unspecified atom stereocenters. The van der Waals surface area contributed by atoms with E-state index in [1.807, 2.05) is 54.6 Å². The first-order chi connectivity index (χ1) is 14.2. The monoisotopic (exact) mass is 385 g/mol. The maximum absolute atomic E-state index is 12.0. The molecule has 0 saturated carbocycles. The van der Waals surface area contributed by atoms with Crippen LogP contribution in [0.2, 0.25) is 0 Å². The standard InChI is InChI=1S/C23H19N3O3/c27-22-9-7-19(13-25-22)17-4-5-18-12-21(8-6-16(18)11-17)29-15-23(28)26-14-20-3-1-2-10-24-20/h1-13H,14-15H2,(H,25,27)(H,26,28). The quantitative estimate of drug-likeness (QED) is 0.533. The van der Waals surface area contributed by atoms with Crippen molar-refractivity contribution in [3.8, 4) is 16.9 Å². The predicted octanol–water partition coefficient (Wildman–Crippen LogP) is 3.29. The van der Waals surface area contributed by atoms with E-state index in [0.717, 1.165) is 27.6 Å². The average molecular weight is 385 g/mol. The molecular weight excluding hydrogens is 366 g/mol. The van der Waals surface area contributed by atoms with Crippen LogP contribution in [-0.4, -0.2) is 22.5 Å². The van der Waals surface area contributed by atoms with Gasteiger partial charge in [0.2, 0.25) is 5.56 Å². The molecule has 1 amide bonds. The van der Waals surface area contributed by atoms with Crippen molar-refractivity contribution >= 4 is 16.7 Å². The highest BCUT2D eigenvalue weighted by atomic mass is 16.5. The summed E-state index contributed by atoms with van der Waals surface area (Å²) in [7, 11) is 0. The van der Waals surface area contributed by atoms with Crippen molar-refractivity contribution in [3.63, 3.8) is 0 Å². The lowest BCUT2D eigenvalue weighted by Crippen LogP contribution is -2.28.